The molecule has 1 aromatic carbocycles. The van der Waals surface area contributed by atoms with Crippen LogP contribution in [0, 0.1) is 5.82 Å². The van der Waals surface area contributed by atoms with Gasteiger partial charge in [-0.15, -0.1) is 0 Å². The second-order valence-corrected chi connectivity index (χ2v) is 6.51. The normalized spacial score (nSPS) is 12.6. The Balaban J connectivity index is 2.43. The first-order valence-corrected chi connectivity index (χ1v) is 9.17. The minimum Gasteiger partial charge on any atom is -0.310 e. The van der Waals surface area contributed by atoms with Gasteiger partial charge >= 0.3 is 0 Å². The zero-order valence-corrected chi connectivity index (χ0v) is 15.0. The second kappa shape index (κ2) is 11.2. The van der Waals surface area contributed by atoms with Crippen molar-refractivity contribution in [2.75, 3.05) is 6.54 Å². The van der Waals surface area contributed by atoms with E-state index in [4.69, 9.17) is 0 Å². The van der Waals surface area contributed by atoms with Gasteiger partial charge < -0.3 is 5.32 Å². The van der Waals surface area contributed by atoms with Crippen molar-refractivity contribution in [1.82, 2.24) is 5.32 Å². The minimum absolute atomic E-state index is 0.112. The van der Waals surface area contributed by atoms with Gasteiger partial charge in [0, 0.05) is 16.1 Å². The molecule has 1 rings (SSSR count). The summed E-state index contributed by atoms with van der Waals surface area (Å²) < 4.78 is 14.9. The fourth-order valence-electron chi connectivity index (χ4n) is 2.74. The zero-order chi connectivity index (χ0) is 15.5. The van der Waals surface area contributed by atoms with Crippen LogP contribution in [0.1, 0.15) is 76.8 Å². The van der Waals surface area contributed by atoms with Crippen LogP contribution in [0.5, 0.6) is 0 Å². The van der Waals surface area contributed by atoms with Crippen LogP contribution < -0.4 is 5.32 Å². The van der Waals surface area contributed by atoms with Crippen LogP contribution >= 0.6 is 15.9 Å². The molecule has 0 amide bonds. The summed E-state index contributed by atoms with van der Waals surface area (Å²) in [4.78, 5) is 0. The fraction of sp³-hybridized carbons (Fsp3) is 0.667. The van der Waals surface area contributed by atoms with Crippen LogP contribution in [0.2, 0.25) is 0 Å². The average molecular weight is 358 g/mol. The number of hydrogen-bond donors (Lipinski definition) is 1. The molecule has 1 aromatic rings. The van der Waals surface area contributed by atoms with Crippen LogP contribution in [0.25, 0.3) is 0 Å². The Morgan fingerprint density at radius 1 is 1.05 bits per heavy atom. The highest BCUT2D eigenvalue weighted by atomic mass is 79.9. The van der Waals surface area contributed by atoms with Crippen molar-refractivity contribution >= 4 is 15.9 Å². The molecule has 120 valence electrons. The highest BCUT2D eigenvalue weighted by Gasteiger charge is 2.17. The summed E-state index contributed by atoms with van der Waals surface area (Å²) in [6.45, 7) is 5.18. The molecule has 1 N–H and O–H groups in total. The van der Waals surface area contributed by atoms with E-state index in [1.807, 2.05) is 6.07 Å². The molecule has 0 spiro atoms. The number of unbranched alkanes of at least 4 members (excludes halogenated alkanes) is 6. The predicted molar refractivity (Wildman–Crippen MR) is 93.1 cm³/mol. The van der Waals surface area contributed by atoms with Crippen LogP contribution in [-0.4, -0.2) is 6.54 Å². The summed E-state index contributed by atoms with van der Waals surface area (Å²) >= 11 is 3.49. The summed E-state index contributed by atoms with van der Waals surface area (Å²) in [6, 6.07) is 5.34. The van der Waals surface area contributed by atoms with Gasteiger partial charge in [0.15, 0.2) is 0 Å². The van der Waals surface area contributed by atoms with Crippen molar-refractivity contribution in [2.24, 2.45) is 0 Å². The third-order valence-electron chi connectivity index (χ3n) is 3.90. The van der Waals surface area contributed by atoms with E-state index in [2.05, 4.69) is 35.1 Å². The van der Waals surface area contributed by atoms with Gasteiger partial charge in [-0.2, -0.15) is 0 Å². The van der Waals surface area contributed by atoms with Crippen molar-refractivity contribution in [1.29, 1.82) is 0 Å². The van der Waals surface area contributed by atoms with Crippen LogP contribution in [-0.2, 0) is 0 Å². The van der Waals surface area contributed by atoms with E-state index >= 15 is 0 Å². The van der Waals surface area contributed by atoms with Crippen molar-refractivity contribution in [3.63, 3.8) is 0 Å². The number of nitrogens with one attached hydrogen (secondary N) is 1. The standard InChI is InChI=1S/C18H29BrFN/c1-3-5-6-7-8-9-10-14-17(21-4-2)18-15(19)12-11-13-16(18)20/h11-13,17,21H,3-10,14H2,1-2H3. The smallest absolute Gasteiger partial charge is 0.129 e. The van der Waals surface area contributed by atoms with Crippen molar-refractivity contribution in [2.45, 2.75) is 71.3 Å². The Morgan fingerprint density at radius 3 is 2.33 bits per heavy atom. The second-order valence-electron chi connectivity index (χ2n) is 5.66. The van der Waals surface area contributed by atoms with E-state index in [0.717, 1.165) is 29.4 Å². The Kier molecular flexibility index (Phi) is 9.94. The summed E-state index contributed by atoms with van der Waals surface area (Å²) in [5.41, 5.74) is 0.783. The van der Waals surface area contributed by atoms with Crippen LogP contribution in [0.4, 0.5) is 4.39 Å². The molecule has 3 heteroatoms. The van der Waals surface area contributed by atoms with E-state index < -0.39 is 0 Å². The molecule has 0 heterocycles. The van der Waals surface area contributed by atoms with E-state index in [0.29, 0.717) is 0 Å². The topological polar surface area (TPSA) is 12.0 Å². The van der Waals surface area contributed by atoms with Crippen molar-refractivity contribution < 1.29 is 4.39 Å². The van der Waals surface area contributed by atoms with Gasteiger partial charge in [-0.05, 0) is 25.1 Å². The molecule has 0 aliphatic carbocycles. The third-order valence-corrected chi connectivity index (χ3v) is 4.59. The molecular formula is C18H29BrFN. The molecule has 0 aliphatic rings. The lowest BCUT2D eigenvalue weighted by atomic mass is 9.99. The van der Waals surface area contributed by atoms with Crippen LogP contribution in [0.15, 0.2) is 22.7 Å². The molecule has 21 heavy (non-hydrogen) atoms. The Hall–Kier alpha value is -0.410. The maximum Gasteiger partial charge on any atom is 0.129 e. The molecule has 0 radical (unpaired) electrons. The fourth-order valence-corrected chi connectivity index (χ4v) is 3.36. The molecular weight excluding hydrogens is 329 g/mol. The summed E-state index contributed by atoms with van der Waals surface area (Å²) in [5, 5.41) is 3.42. The number of halogens is 2. The van der Waals surface area contributed by atoms with E-state index in [1.54, 1.807) is 12.1 Å². The Labute approximate surface area is 137 Å². The van der Waals surface area contributed by atoms with E-state index in [1.165, 1.54) is 38.5 Å². The van der Waals surface area contributed by atoms with Crippen molar-refractivity contribution in [3.8, 4) is 0 Å². The highest BCUT2D eigenvalue weighted by Crippen LogP contribution is 2.29. The van der Waals surface area contributed by atoms with Crippen LogP contribution in [0.3, 0.4) is 0 Å². The number of hydrogen-bond acceptors (Lipinski definition) is 1. The Morgan fingerprint density at radius 2 is 1.71 bits per heavy atom. The van der Waals surface area contributed by atoms with Crippen molar-refractivity contribution in [3.05, 3.63) is 34.1 Å². The molecule has 0 saturated carbocycles. The largest absolute Gasteiger partial charge is 0.310 e. The monoisotopic (exact) mass is 357 g/mol. The van der Waals surface area contributed by atoms with Gasteiger partial charge in [0.25, 0.3) is 0 Å². The lowest BCUT2D eigenvalue weighted by molar-refractivity contribution is 0.455. The SMILES string of the molecule is CCCCCCCCCC(NCC)c1c(F)cccc1Br. The summed E-state index contributed by atoms with van der Waals surface area (Å²) in [7, 11) is 0. The molecule has 0 saturated heterocycles. The number of rotatable bonds is 11. The van der Waals surface area contributed by atoms with Gasteiger partial charge in [-0.25, -0.2) is 4.39 Å². The molecule has 0 fully saturated rings. The zero-order valence-electron chi connectivity index (χ0n) is 13.4. The molecule has 1 unspecified atom stereocenters. The number of benzene rings is 1. The first kappa shape index (κ1) is 18.6. The minimum atomic E-state index is -0.113. The molecule has 0 bridgehead atoms. The Bertz CT molecular complexity index is 375. The summed E-state index contributed by atoms with van der Waals surface area (Å²) in [6.07, 6.45) is 10.0. The lowest BCUT2D eigenvalue weighted by Crippen LogP contribution is -2.22. The third kappa shape index (κ3) is 6.92. The van der Waals surface area contributed by atoms with Gasteiger partial charge in [0.1, 0.15) is 5.82 Å². The molecule has 1 nitrogen and oxygen atoms in total. The first-order valence-electron chi connectivity index (χ1n) is 8.38. The molecule has 0 aliphatic heterocycles. The lowest BCUT2D eigenvalue weighted by Gasteiger charge is -2.20. The highest BCUT2D eigenvalue weighted by molar-refractivity contribution is 9.10. The maximum atomic E-state index is 14.1. The summed E-state index contributed by atoms with van der Waals surface area (Å²) in [5.74, 6) is -0.113. The average Bonchev–Trinajstić information content (AvgIpc) is 2.46. The van der Waals surface area contributed by atoms with Gasteiger partial charge in [-0.3, -0.25) is 0 Å². The molecule has 1 atom stereocenters. The van der Waals surface area contributed by atoms with Gasteiger partial charge in [-0.1, -0.05) is 80.8 Å². The van der Waals surface area contributed by atoms with E-state index in [-0.39, 0.29) is 11.9 Å². The van der Waals surface area contributed by atoms with Gasteiger partial charge in [0.05, 0.1) is 0 Å². The quantitative estimate of drug-likeness (QED) is 0.453. The molecule has 0 aromatic heterocycles. The maximum absolute atomic E-state index is 14.1. The predicted octanol–water partition coefficient (Wildman–Crippen LogP) is 6.38. The first-order chi connectivity index (χ1) is 10.2. The van der Waals surface area contributed by atoms with Gasteiger partial charge in [0.2, 0.25) is 0 Å². The van der Waals surface area contributed by atoms with E-state index in [9.17, 15) is 4.39 Å².